The van der Waals surface area contributed by atoms with E-state index < -0.39 is 11.9 Å². The van der Waals surface area contributed by atoms with Gasteiger partial charge in [-0.2, -0.15) is 0 Å². The fourth-order valence-electron chi connectivity index (χ4n) is 5.62. The topological polar surface area (TPSA) is 181 Å². The number of nitrogens with zero attached hydrogens (tertiary/aromatic N) is 7. The SMILES string of the molecule is [CH]N([N])c1c2ccccc2c(N([CH]C2=NCCN2C(=O)CCCC(=O)O)N=C2NCCN2C(=O)CCCC(=O)O)c2ccccc12. The Bertz CT molecular complexity index is 1660. The first-order chi connectivity index (χ1) is 22.2. The standard InChI is InChI=1S/C32H33N8O6/c1-37(33)30-21-8-2-4-10-23(21)31(24-11-5-3-9-22(24)30)40(20-25-34-16-18-38(25)26(41)12-6-14-28(43)44)36-32-35-17-19-39(32)27(42)13-7-15-29(45)46/h1-5,8-11,20H,6-7,12-19H2,(H,35,36)(H,43,44)(H,45,46). The van der Waals surface area contributed by atoms with Gasteiger partial charge in [-0.3, -0.25) is 39.0 Å². The van der Waals surface area contributed by atoms with E-state index in [9.17, 15) is 25.0 Å². The molecular formula is C32H33N8O6. The third-order valence-corrected chi connectivity index (χ3v) is 7.69. The zero-order valence-corrected chi connectivity index (χ0v) is 25.0. The summed E-state index contributed by atoms with van der Waals surface area (Å²) >= 11 is 0. The van der Waals surface area contributed by atoms with Crippen molar-refractivity contribution < 1.29 is 29.4 Å². The number of hydrogen-bond donors (Lipinski definition) is 3. The van der Waals surface area contributed by atoms with E-state index >= 15 is 0 Å². The van der Waals surface area contributed by atoms with Crippen LogP contribution in [0.4, 0.5) is 11.4 Å². The number of carbonyl (C=O) groups is 4. The first-order valence-electron chi connectivity index (χ1n) is 14.9. The van der Waals surface area contributed by atoms with Gasteiger partial charge < -0.3 is 15.5 Å². The van der Waals surface area contributed by atoms with E-state index in [-0.39, 0.29) is 56.3 Å². The Kier molecular flexibility index (Phi) is 9.96. The fourth-order valence-corrected chi connectivity index (χ4v) is 5.62. The van der Waals surface area contributed by atoms with E-state index in [1.54, 1.807) is 23.7 Å². The minimum atomic E-state index is -0.984. The normalized spacial score (nSPS) is 15.3. The molecule has 2 amide bonds. The van der Waals surface area contributed by atoms with Crippen LogP contribution in [0.1, 0.15) is 38.5 Å². The van der Waals surface area contributed by atoms with Crippen LogP contribution >= 0.6 is 0 Å². The quantitative estimate of drug-likeness (QED) is 0.111. The molecule has 46 heavy (non-hydrogen) atoms. The Morgan fingerprint density at radius 1 is 0.848 bits per heavy atom. The summed E-state index contributed by atoms with van der Waals surface area (Å²) in [5.41, 5.74) is 0.925. The lowest BCUT2D eigenvalue weighted by atomic mass is 9.97. The maximum atomic E-state index is 13.2. The number of nitrogens with one attached hydrogen (secondary N) is 1. The number of carbonyl (C=O) groups excluding carboxylic acids is 2. The summed E-state index contributed by atoms with van der Waals surface area (Å²) < 4.78 is 0. The van der Waals surface area contributed by atoms with Crippen LogP contribution in [-0.4, -0.2) is 81.7 Å². The number of hydrogen-bond acceptors (Lipinski definition) is 8. The number of anilines is 2. The molecule has 3 N–H and O–H groups in total. The van der Waals surface area contributed by atoms with Gasteiger partial charge in [-0.05, 0) is 18.7 Å². The molecule has 0 spiro atoms. The van der Waals surface area contributed by atoms with Crippen molar-refractivity contribution >= 4 is 68.5 Å². The number of benzene rings is 3. The molecule has 0 bridgehead atoms. The first-order valence-corrected chi connectivity index (χ1v) is 14.9. The van der Waals surface area contributed by atoms with Crippen LogP contribution in [0.3, 0.4) is 0 Å². The average Bonchev–Trinajstić information content (AvgIpc) is 3.68. The molecule has 0 aliphatic carbocycles. The molecule has 0 aromatic heterocycles. The summed E-state index contributed by atoms with van der Waals surface area (Å²) in [5.74, 6) is 8.49. The molecule has 5 radical (unpaired) electrons. The number of carboxylic acids is 2. The number of amidine groups is 1. The zero-order valence-electron chi connectivity index (χ0n) is 25.0. The molecule has 0 atom stereocenters. The van der Waals surface area contributed by atoms with Crippen molar-refractivity contribution in [3.05, 3.63) is 62.1 Å². The highest BCUT2D eigenvalue weighted by Crippen LogP contribution is 2.43. The molecule has 2 heterocycles. The molecule has 237 valence electrons. The van der Waals surface area contributed by atoms with Crippen LogP contribution in [0, 0.1) is 13.6 Å². The van der Waals surface area contributed by atoms with Crippen molar-refractivity contribution in [1.82, 2.24) is 21.0 Å². The minimum Gasteiger partial charge on any atom is -0.481 e. The summed E-state index contributed by atoms with van der Waals surface area (Å²) in [7, 11) is 5.91. The molecule has 0 unspecified atom stereocenters. The lowest BCUT2D eigenvalue weighted by molar-refractivity contribution is -0.138. The van der Waals surface area contributed by atoms with E-state index in [4.69, 9.17) is 22.4 Å². The van der Waals surface area contributed by atoms with E-state index in [0.29, 0.717) is 69.9 Å². The van der Waals surface area contributed by atoms with Gasteiger partial charge in [-0.25, -0.2) is 5.01 Å². The minimum absolute atomic E-state index is 0.0193. The van der Waals surface area contributed by atoms with Gasteiger partial charge in [0.1, 0.15) is 12.4 Å². The van der Waals surface area contributed by atoms with Gasteiger partial charge >= 0.3 is 11.9 Å². The number of fused-ring (bicyclic) bond motifs is 2. The summed E-state index contributed by atoms with van der Waals surface area (Å²) in [5, 5.41) is 30.7. The molecular weight excluding hydrogens is 592 g/mol. The molecule has 14 nitrogen and oxygen atoms in total. The van der Waals surface area contributed by atoms with E-state index in [2.05, 4.69) is 10.3 Å². The third kappa shape index (κ3) is 7.01. The second-order valence-corrected chi connectivity index (χ2v) is 10.8. The Morgan fingerprint density at radius 2 is 1.37 bits per heavy atom. The number of carboxylic acid groups (broad SMARTS) is 2. The second-order valence-electron chi connectivity index (χ2n) is 10.8. The highest BCUT2D eigenvalue weighted by molar-refractivity contribution is 6.21. The van der Waals surface area contributed by atoms with Crippen LogP contribution in [0.2, 0.25) is 0 Å². The Morgan fingerprint density at radius 3 is 1.89 bits per heavy atom. The fraction of sp³-hybridized carbons (Fsp3) is 0.312. The largest absolute Gasteiger partial charge is 0.481 e. The van der Waals surface area contributed by atoms with Crippen LogP contribution in [-0.2, 0) is 19.2 Å². The van der Waals surface area contributed by atoms with Crippen LogP contribution in [0.15, 0.2) is 58.6 Å². The van der Waals surface area contributed by atoms with Crippen molar-refractivity contribution in [2.45, 2.75) is 38.5 Å². The molecule has 3 aromatic rings. The van der Waals surface area contributed by atoms with E-state index in [1.165, 1.54) is 9.80 Å². The van der Waals surface area contributed by atoms with Crippen molar-refractivity contribution in [2.75, 3.05) is 36.2 Å². The van der Waals surface area contributed by atoms with Gasteiger partial charge in [0, 0.05) is 66.9 Å². The highest BCUT2D eigenvalue weighted by atomic mass is 16.4. The van der Waals surface area contributed by atoms with E-state index in [0.717, 1.165) is 0 Å². The summed E-state index contributed by atoms with van der Waals surface area (Å²) in [4.78, 5) is 55.8. The number of aliphatic carboxylic acids is 2. The number of guanidine groups is 1. The van der Waals surface area contributed by atoms with E-state index in [1.807, 2.05) is 36.4 Å². The van der Waals surface area contributed by atoms with Crippen LogP contribution in [0.5, 0.6) is 0 Å². The summed E-state index contributed by atoms with van der Waals surface area (Å²) in [6.07, 6.45) is 0.133. The number of aliphatic imine (C=N–C) groups is 1. The summed E-state index contributed by atoms with van der Waals surface area (Å²) in [6, 6.07) is 14.6. The molecule has 0 saturated carbocycles. The lowest BCUT2D eigenvalue weighted by Crippen LogP contribution is -2.40. The maximum Gasteiger partial charge on any atom is 0.303 e. The Hall–Kier alpha value is -5.24. The van der Waals surface area contributed by atoms with Gasteiger partial charge in [0.05, 0.1) is 25.0 Å². The molecule has 1 fully saturated rings. The lowest BCUT2D eigenvalue weighted by Gasteiger charge is -2.28. The molecule has 3 aromatic carbocycles. The van der Waals surface area contributed by atoms with Crippen LogP contribution in [0.25, 0.3) is 21.5 Å². The second kappa shape index (κ2) is 14.2. The Labute approximate surface area is 265 Å². The molecule has 14 heteroatoms. The van der Waals surface area contributed by atoms with Crippen molar-refractivity contribution in [3.63, 3.8) is 0 Å². The molecule has 1 saturated heterocycles. The monoisotopic (exact) mass is 625 g/mol. The Balaban J connectivity index is 1.60. The van der Waals surface area contributed by atoms with Gasteiger partial charge in [0.25, 0.3) is 0 Å². The molecule has 2 aliphatic rings. The first kappa shape index (κ1) is 32.2. The number of hydrazone groups is 1. The smallest absolute Gasteiger partial charge is 0.303 e. The molecule has 5 rings (SSSR count). The average molecular weight is 626 g/mol. The highest BCUT2D eigenvalue weighted by Gasteiger charge is 2.31. The van der Waals surface area contributed by atoms with Gasteiger partial charge in [0.15, 0.2) is 0 Å². The summed E-state index contributed by atoms with van der Waals surface area (Å²) in [6.45, 7) is 2.97. The number of amides is 2. The third-order valence-electron chi connectivity index (χ3n) is 7.69. The maximum absolute atomic E-state index is 13.2. The van der Waals surface area contributed by atoms with Gasteiger partial charge in [-0.1, -0.05) is 48.5 Å². The van der Waals surface area contributed by atoms with Crippen molar-refractivity contribution in [2.24, 2.45) is 10.1 Å². The predicted octanol–water partition coefficient (Wildman–Crippen LogP) is 2.87. The van der Waals surface area contributed by atoms with Crippen molar-refractivity contribution in [3.8, 4) is 0 Å². The predicted molar refractivity (Wildman–Crippen MR) is 171 cm³/mol. The van der Waals surface area contributed by atoms with Gasteiger partial charge in [-0.15, -0.1) is 5.10 Å². The zero-order chi connectivity index (χ0) is 32.8. The number of rotatable bonds is 13. The van der Waals surface area contributed by atoms with Gasteiger partial charge in [0.2, 0.25) is 17.8 Å². The molecule has 2 aliphatic heterocycles. The van der Waals surface area contributed by atoms with Crippen molar-refractivity contribution in [1.29, 1.82) is 0 Å². The van der Waals surface area contributed by atoms with Crippen LogP contribution < -0.4 is 21.2 Å².